The van der Waals surface area contributed by atoms with E-state index in [0.717, 1.165) is 30.1 Å². The molecule has 1 nitrogen and oxygen atoms in total. The molecule has 0 saturated heterocycles. The van der Waals surface area contributed by atoms with Crippen LogP contribution in [0, 0.1) is 0 Å². The Morgan fingerprint density at radius 3 is 2.87 bits per heavy atom. The van der Waals surface area contributed by atoms with Crippen molar-refractivity contribution in [2.75, 3.05) is 13.6 Å². The van der Waals surface area contributed by atoms with E-state index in [1.165, 1.54) is 16.7 Å². The van der Waals surface area contributed by atoms with Crippen molar-refractivity contribution in [2.45, 2.75) is 19.9 Å². The van der Waals surface area contributed by atoms with E-state index in [-0.39, 0.29) is 0 Å². The van der Waals surface area contributed by atoms with Crippen molar-refractivity contribution in [2.24, 2.45) is 0 Å². The molecule has 1 aromatic carbocycles. The molecule has 0 aromatic heterocycles. The molecular formula is C13H16ClN. The van der Waals surface area contributed by atoms with Gasteiger partial charge >= 0.3 is 0 Å². The van der Waals surface area contributed by atoms with E-state index in [9.17, 15) is 0 Å². The maximum Gasteiger partial charge on any atom is 0.0415 e. The van der Waals surface area contributed by atoms with Gasteiger partial charge in [0.25, 0.3) is 0 Å². The fourth-order valence-electron chi connectivity index (χ4n) is 2.18. The predicted molar refractivity (Wildman–Crippen MR) is 66.2 cm³/mol. The van der Waals surface area contributed by atoms with E-state index in [4.69, 9.17) is 11.6 Å². The summed E-state index contributed by atoms with van der Waals surface area (Å²) in [5.41, 5.74) is 5.14. The maximum absolute atomic E-state index is 6.11. The van der Waals surface area contributed by atoms with Gasteiger partial charge < -0.3 is 4.90 Å². The number of hydrogen-bond donors (Lipinski definition) is 0. The van der Waals surface area contributed by atoms with E-state index < -0.39 is 0 Å². The van der Waals surface area contributed by atoms with Gasteiger partial charge in [-0.3, -0.25) is 0 Å². The van der Waals surface area contributed by atoms with Crippen molar-refractivity contribution in [1.82, 2.24) is 4.90 Å². The first-order chi connectivity index (χ1) is 7.08. The van der Waals surface area contributed by atoms with Crippen LogP contribution in [-0.4, -0.2) is 18.5 Å². The molecule has 0 bridgehead atoms. The Hall–Kier alpha value is -0.790. The molecule has 1 aliphatic heterocycles. The second-order valence-corrected chi connectivity index (χ2v) is 4.80. The standard InChI is InChI=1S/C13H16ClN/c1-9(2)13-7-11(14)6-10-8-15(3)5-4-12(10)13/h6-7H,1,4-5,8H2,2-3H3. The number of hydrogen-bond acceptors (Lipinski definition) is 1. The van der Waals surface area contributed by atoms with Gasteiger partial charge in [-0.15, -0.1) is 0 Å². The summed E-state index contributed by atoms with van der Waals surface area (Å²) in [7, 11) is 2.14. The van der Waals surface area contributed by atoms with Crippen molar-refractivity contribution in [3.8, 4) is 0 Å². The summed E-state index contributed by atoms with van der Waals surface area (Å²) in [6.45, 7) is 8.18. The molecule has 1 heterocycles. The molecule has 0 atom stereocenters. The molecule has 0 spiro atoms. The molecule has 0 radical (unpaired) electrons. The number of benzene rings is 1. The summed E-state index contributed by atoms with van der Waals surface area (Å²) in [6.07, 6.45) is 1.10. The molecule has 0 saturated carbocycles. The van der Waals surface area contributed by atoms with Gasteiger partial charge in [0, 0.05) is 18.1 Å². The van der Waals surface area contributed by atoms with E-state index in [1.807, 2.05) is 13.0 Å². The van der Waals surface area contributed by atoms with Crippen LogP contribution in [0.3, 0.4) is 0 Å². The first kappa shape index (κ1) is 10.7. The van der Waals surface area contributed by atoms with Crippen LogP contribution in [0.15, 0.2) is 18.7 Å². The molecule has 0 N–H and O–H groups in total. The lowest BCUT2D eigenvalue weighted by molar-refractivity contribution is 0.313. The predicted octanol–water partition coefficient (Wildman–Crippen LogP) is 3.36. The van der Waals surface area contributed by atoms with Gasteiger partial charge in [-0.05, 0) is 49.2 Å². The molecule has 80 valence electrons. The van der Waals surface area contributed by atoms with Gasteiger partial charge in [-0.25, -0.2) is 0 Å². The van der Waals surface area contributed by atoms with Crippen molar-refractivity contribution in [3.05, 3.63) is 40.4 Å². The number of fused-ring (bicyclic) bond motifs is 1. The lowest BCUT2D eigenvalue weighted by Gasteiger charge is -2.27. The highest BCUT2D eigenvalue weighted by Crippen LogP contribution is 2.29. The van der Waals surface area contributed by atoms with Crippen LogP contribution in [0.4, 0.5) is 0 Å². The fourth-order valence-corrected chi connectivity index (χ4v) is 2.42. The Balaban J connectivity index is 2.54. The highest BCUT2D eigenvalue weighted by Gasteiger charge is 2.17. The molecule has 0 amide bonds. The first-order valence-electron chi connectivity index (χ1n) is 5.23. The average Bonchev–Trinajstić information content (AvgIpc) is 2.15. The van der Waals surface area contributed by atoms with E-state index in [1.54, 1.807) is 0 Å². The summed E-state index contributed by atoms with van der Waals surface area (Å²) >= 11 is 6.11. The molecule has 1 aromatic rings. The minimum absolute atomic E-state index is 0.821. The van der Waals surface area contributed by atoms with Gasteiger partial charge in [0.2, 0.25) is 0 Å². The minimum atomic E-state index is 0.821. The number of halogens is 1. The SMILES string of the molecule is C=C(C)c1cc(Cl)cc2c1CCN(C)C2. The van der Waals surface area contributed by atoms with Crippen LogP contribution in [0.2, 0.25) is 5.02 Å². The van der Waals surface area contributed by atoms with Gasteiger partial charge in [0.15, 0.2) is 0 Å². The molecule has 2 rings (SSSR count). The van der Waals surface area contributed by atoms with Crippen molar-refractivity contribution < 1.29 is 0 Å². The lowest BCUT2D eigenvalue weighted by atomic mass is 9.92. The maximum atomic E-state index is 6.11. The van der Waals surface area contributed by atoms with E-state index >= 15 is 0 Å². The van der Waals surface area contributed by atoms with Crippen molar-refractivity contribution >= 4 is 17.2 Å². The van der Waals surface area contributed by atoms with Gasteiger partial charge in [-0.2, -0.15) is 0 Å². The van der Waals surface area contributed by atoms with Crippen LogP contribution in [-0.2, 0) is 13.0 Å². The van der Waals surface area contributed by atoms with Crippen molar-refractivity contribution in [3.63, 3.8) is 0 Å². The Kier molecular flexibility index (Phi) is 2.85. The van der Waals surface area contributed by atoms with Crippen LogP contribution in [0.1, 0.15) is 23.6 Å². The third-order valence-electron chi connectivity index (χ3n) is 2.95. The first-order valence-corrected chi connectivity index (χ1v) is 5.61. The second-order valence-electron chi connectivity index (χ2n) is 4.36. The van der Waals surface area contributed by atoms with Crippen LogP contribution < -0.4 is 0 Å². The number of rotatable bonds is 1. The molecule has 1 aliphatic rings. The third-order valence-corrected chi connectivity index (χ3v) is 3.17. The molecule has 0 unspecified atom stereocenters. The Morgan fingerprint density at radius 2 is 2.20 bits per heavy atom. The molecule has 2 heteroatoms. The summed E-state index contributed by atoms with van der Waals surface area (Å²) in [6, 6.07) is 4.12. The monoisotopic (exact) mass is 221 g/mol. The zero-order valence-electron chi connectivity index (χ0n) is 9.31. The summed E-state index contributed by atoms with van der Waals surface area (Å²) in [4.78, 5) is 2.32. The smallest absolute Gasteiger partial charge is 0.0415 e. The van der Waals surface area contributed by atoms with E-state index in [0.29, 0.717) is 0 Å². The van der Waals surface area contributed by atoms with Gasteiger partial charge in [-0.1, -0.05) is 23.8 Å². The van der Waals surface area contributed by atoms with Crippen LogP contribution >= 0.6 is 11.6 Å². The normalized spacial score (nSPS) is 16.2. The number of likely N-dealkylation sites (N-methyl/N-ethyl adjacent to an activating group) is 1. The Labute approximate surface area is 96.4 Å². The quantitative estimate of drug-likeness (QED) is 0.703. The molecule has 0 aliphatic carbocycles. The van der Waals surface area contributed by atoms with Crippen molar-refractivity contribution in [1.29, 1.82) is 0 Å². The summed E-state index contributed by atoms with van der Waals surface area (Å²) in [5, 5.41) is 0.821. The topological polar surface area (TPSA) is 3.24 Å². The van der Waals surface area contributed by atoms with Crippen LogP contribution in [0.25, 0.3) is 5.57 Å². The summed E-state index contributed by atoms with van der Waals surface area (Å²) < 4.78 is 0. The summed E-state index contributed by atoms with van der Waals surface area (Å²) in [5.74, 6) is 0. The van der Waals surface area contributed by atoms with Crippen LogP contribution in [0.5, 0.6) is 0 Å². The molecule has 15 heavy (non-hydrogen) atoms. The second kappa shape index (κ2) is 3.99. The fraction of sp³-hybridized carbons (Fsp3) is 0.385. The minimum Gasteiger partial charge on any atom is -0.302 e. The molecule has 0 fully saturated rings. The van der Waals surface area contributed by atoms with E-state index in [2.05, 4.69) is 24.6 Å². The lowest BCUT2D eigenvalue weighted by Crippen LogP contribution is -2.27. The Bertz CT molecular complexity index is 409. The zero-order chi connectivity index (χ0) is 11.0. The average molecular weight is 222 g/mol. The Morgan fingerprint density at radius 1 is 1.47 bits per heavy atom. The number of nitrogens with zero attached hydrogens (tertiary/aromatic N) is 1. The molecular weight excluding hydrogens is 206 g/mol. The highest BCUT2D eigenvalue weighted by atomic mass is 35.5. The highest BCUT2D eigenvalue weighted by molar-refractivity contribution is 6.30. The van der Waals surface area contributed by atoms with Gasteiger partial charge in [0.05, 0.1) is 0 Å². The zero-order valence-corrected chi connectivity index (χ0v) is 10.1. The largest absolute Gasteiger partial charge is 0.302 e. The number of allylic oxidation sites excluding steroid dienone is 1. The third kappa shape index (κ3) is 2.09. The van der Waals surface area contributed by atoms with Gasteiger partial charge in [0.1, 0.15) is 0 Å².